The molecule has 2 aromatic carbocycles. The topological polar surface area (TPSA) is 103 Å². The Morgan fingerprint density at radius 3 is 2.62 bits per heavy atom. The summed E-state index contributed by atoms with van der Waals surface area (Å²) in [5.74, 6) is -0.856. The highest BCUT2D eigenvalue weighted by Gasteiger charge is 2.24. The Balaban J connectivity index is 1.52. The number of thiophene rings is 1. The zero-order chi connectivity index (χ0) is 24.1. The van der Waals surface area contributed by atoms with Crippen LogP contribution in [0, 0.1) is 0 Å². The molecule has 1 aromatic heterocycles. The second-order valence-electron chi connectivity index (χ2n) is 6.87. The van der Waals surface area contributed by atoms with Crippen LogP contribution < -0.4 is 14.8 Å². The monoisotopic (exact) mass is 496 g/mol. The van der Waals surface area contributed by atoms with Crippen molar-refractivity contribution >= 4 is 58.4 Å². The van der Waals surface area contributed by atoms with Crippen LogP contribution in [0.1, 0.15) is 20.8 Å². The number of aliphatic imine (C=N–C) groups is 1. The third-order valence-electron chi connectivity index (χ3n) is 4.57. The van der Waals surface area contributed by atoms with Gasteiger partial charge >= 0.3 is 11.9 Å². The van der Waals surface area contributed by atoms with Crippen LogP contribution in [-0.2, 0) is 14.3 Å². The molecule has 1 aliphatic heterocycles. The number of methoxy groups -OCH3 is 1. The summed E-state index contributed by atoms with van der Waals surface area (Å²) >= 11 is 6.76. The van der Waals surface area contributed by atoms with Crippen LogP contribution in [-0.4, -0.2) is 36.7 Å². The Morgan fingerprint density at radius 2 is 1.94 bits per heavy atom. The van der Waals surface area contributed by atoms with Gasteiger partial charge in [0, 0.05) is 11.3 Å². The molecule has 0 saturated carbocycles. The smallest absolute Gasteiger partial charge is 0.363 e. The SMILES string of the molecule is COc1cc(C=C2N=C(c3ccc(NC(=O)CCl)cc3)OC2=O)ccc1OC(=O)c1cccs1. The molecule has 1 aliphatic rings. The summed E-state index contributed by atoms with van der Waals surface area (Å²) in [6.45, 7) is 0. The van der Waals surface area contributed by atoms with Crippen molar-refractivity contribution in [2.75, 3.05) is 18.3 Å². The van der Waals surface area contributed by atoms with Gasteiger partial charge in [0.15, 0.2) is 17.2 Å². The van der Waals surface area contributed by atoms with Crippen molar-refractivity contribution in [2.24, 2.45) is 4.99 Å². The van der Waals surface area contributed by atoms with Crippen LogP contribution >= 0.6 is 22.9 Å². The molecule has 3 aromatic rings. The van der Waals surface area contributed by atoms with Crippen LogP contribution in [0.25, 0.3) is 6.08 Å². The van der Waals surface area contributed by atoms with E-state index in [1.54, 1.807) is 60.0 Å². The number of hydrogen-bond acceptors (Lipinski definition) is 8. The lowest BCUT2D eigenvalue weighted by Gasteiger charge is -2.09. The zero-order valence-corrected chi connectivity index (χ0v) is 19.3. The standard InChI is InChI=1S/C24H17ClN2O6S/c1-31-19-12-14(4-9-18(19)32-24(30)20-3-2-10-34-20)11-17-23(29)33-22(27-17)15-5-7-16(8-6-15)26-21(28)13-25/h2-12H,13H2,1H3,(H,26,28). The van der Waals surface area contributed by atoms with Gasteiger partial charge in [0.2, 0.25) is 11.8 Å². The van der Waals surface area contributed by atoms with Gasteiger partial charge < -0.3 is 19.5 Å². The van der Waals surface area contributed by atoms with Crippen LogP contribution in [0.4, 0.5) is 5.69 Å². The average Bonchev–Trinajstić information content (AvgIpc) is 3.51. The van der Waals surface area contributed by atoms with E-state index in [2.05, 4.69) is 10.3 Å². The molecule has 0 radical (unpaired) electrons. The summed E-state index contributed by atoms with van der Waals surface area (Å²) in [6, 6.07) is 14.9. The van der Waals surface area contributed by atoms with Gasteiger partial charge in [0.05, 0.1) is 7.11 Å². The minimum Gasteiger partial charge on any atom is -0.493 e. The van der Waals surface area contributed by atoms with E-state index in [9.17, 15) is 14.4 Å². The number of alkyl halides is 1. The van der Waals surface area contributed by atoms with E-state index in [1.165, 1.54) is 24.5 Å². The normalized spacial score (nSPS) is 13.9. The molecule has 0 atom stereocenters. The van der Waals surface area contributed by atoms with Crippen molar-refractivity contribution in [3.05, 3.63) is 81.7 Å². The number of nitrogens with one attached hydrogen (secondary N) is 1. The quantitative estimate of drug-likeness (QED) is 0.223. The molecule has 8 nitrogen and oxygen atoms in total. The number of rotatable bonds is 7. The van der Waals surface area contributed by atoms with Crippen molar-refractivity contribution in [1.29, 1.82) is 0 Å². The molecule has 0 saturated heterocycles. The summed E-state index contributed by atoms with van der Waals surface area (Å²) in [5.41, 5.74) is 1.82. The third kappa shape index (κ3) is 5.33. The highest BCUT2D eigenvalue weighted by molar-refractivity contribution is 7.12. The number of cyclic esters (lactones) is 1. The number of anilines is 1. The number of nitrogens with zero attached hydrogens (tertiary/aromatic N) is 1. The first-order chi connectivity index (χ1) is 16.5. The summed E-state index contributed by atoms with van der Waals surface area (Å²) in [5, 5.41) is 4.41. The third-order valence-corrected chi connectivity index (χ3v) is 5.67. The molecule has 1 N–H and O–H groups in total. The van der Waals surface area contributed by atoms with Gasteiger partial charge in [-0.15, -0.1) is 22.9 Å². The molecule has 2 heterocycles. The Bertz CT molecular complexity index is 1300. The molecular formula is C24H17ClN2O6S. The predicted octanol–water partition coefficient (Wildman–Crippen LogP) is 4.50. The average molecular weight is 497 g/mol. The highest BCUT2D eigenvalue weighted by atomic mass is 35.5. The maximum absolute atomic E-state index is 12.3. The Morgan fingerprint density at radius 1 is 1.15 bits per heavy atom. The van der Waals surface area contributed by atoms with E-state index in [0.29, 0.717) is 27.4 Å². The Kier molecular flexibility index (Phi) is 7.05. The lowest BCUT2D eigenvalue weighted by molar-refractivity contribution is -0.129. The Labute approximate surface area is 203 Å². The molecule has 0 bridgehead atoms. The molecule has 1 amide bonds. The van der Waals surface area contributed by atoms with Gasteiger partial charge in [-0.25, -0.2) is 14.6 Å². The number of carbonyl (C=O) groups excluding carboxylic acids is 3. The van der Waals surface area contributed by atoms with E-state index < -0.39 is 11.9 Å². The largest absolute Gasteiger partial charge is 0.493 e. The lowest BCUT2D eigenvalue weighted by atomic mass is 10.1. The minimum atomic E-state index is -0.610. The van der Waals surface area contributed by atoms with E-state index in [1.807, 2.05) is 0 Å². The summed E-state index contributed by atoms with van der Waals surface area (Å²) in [7, 11) is 1.45. The van der Waals surface area contributed by atoms with E-state index >= 15 is 0 Å². The van der Waals surface area contributed by atoms with E-state index in [-0.39, 0.29) is 29.1 Å². The molecule has 4 rings (SSSR count). The number of halogens is 1. The fraction of sp³-hybridized carbons (Fsp3) is 0.0833. The predicted molar refractivity (Wildman–Crippen MR) is 129 cm³/mol. The molecule has 34 heavy (non-hydrogen) atoms. The van der Waals surface area contributed by atoms with Crippen LogP contribution in [0.5, 0.6) is 11.5 Å². The van der Waals surface area contributed by atoms with Crippen molar-refractivity contribution in [2.45, 2.75) is 0 Å². The summed E-state index contributed by atoms with van der Waals surface area (Å²) < 4.78 is 16.0. The second-order valence-corrected chi connectivity index (χ2v) is 8.09. The number of esters is 2. The molecule has 0 aliphatic carbocycles. The van der Waals surface area contributed by atoms with Gasteiger partial charge in [-0.05, 0) is 59.5 Å². The molecule has 172 valence electrons. The Hall–Kier alpha value is -3.95. The zero-order valence-electron chi connectivity index (χ0n) is 17.7. The lowest BCUT2D eigenvalue weighted by Crippen LogP contribution is -2.12. The van der Waals surface area contributed by atoms with Crippen LogP contribution in [0.2, 0.25) is 0 Å². The van der Waals surface area contributed by atoms with Crippen LogP contribution in [0.15, 0.2) is 70.7 Å². The van der Waals surface area contributed by atoms with Crippen molar-refractivity contribution in [3.63, 3.8) is 0 Å². The first-order valence-electron chi connectivity index (χ1n) is 9.89. The fourth-order valence-corrected chi connectivity index (χ4v) is 3.65. The van der Waals surface area contributed by atoms with Gasteiger partial charge in [0.1, 0.15) is 10.8 Å². The van der Waals surface area contributed by atoms with Crippen molar-refractivity contribution in [3.8, 4) is 11.5 Å². The van der Waals surface area contributed by atoms with Gasteiger partial charge in [0.25, 0.3) is 0 Å². The number of carbonyl (C=O) groups is 3. The first kappa shape index (κ1) is 23.2. The summed E-state index contributed by atoms with van der Waals surface area (Å²) in [4.78, 5) is 40.7. The maximum atomic E-state index is 12.3. The molecule has 0 spiro atoms. The summed E-state index contributed by atoms with van der Waals surface area (Å²) in [6.07, 6.45) is 1.54. The van der Waals surface area contributed by atoms with Gasteiger partial charge in [-0.3, -0.25) is 4.79 Å². The molecular weight excluding hydrogens is 480 g/mol. The minimum absolute atomic E-state index is 0.0971. The first-order valence-corrected chi connectivity index (χ1v) is 11.3. The molecule has 10 heteroatoms. The van der Waals surface area contributed by atoms with Crippen molar-refractivity contribution in [1.82, 2.24) is 0 Å². The maximum Gasteiger partial charge on any atom is 0.363 e. The number of ether oxygens (including phenoxy) is 3. The van der Waals surface area contributed by atoms with Crippen molar-refractivity contribution < 1.29 is 28.6 Å². The second kappa shape index (κ2) is 10.3. The van der Waals surface area contributed by atoms with Crippen LogP contribution in [0.3, 0.4) is 0 Å². The molecule has 0 unspecified atom stereocenters. The number of hydrogen-bond donors (Lipinski definition) is 1. The highest BCUT2D eigenvalue weighted by Crippen LogP contribution is 2.31. The fourth-order valence-electron chi connectivity index (χ4n) is 2.98. The van der Waals surface area contributed by atoms with Gasteiger partial charge in [-0.2, -0.15) is 0 Å². The van der Waals surface area contributed by atoms with Gasteiger partial charge in [-0.1, -0.05) is 12.1 Å². The van der Waals surface area contributed by atoms with E-state index in [4.69, 9.17) is 25.8 Å². The number of benzene rings is 2. The molecule has 0 fully saturated rings. The van der Waals surface area contributed by atoms with E-state index in [0.717, 1.165) is 0 Å². The number of amides is 1.